The molecule has 0 radical (unpaired) electrons. The van der Waals surface area contributed by atoms with Crippen LogP contribution >= 0.6 is 0 Å². The molecule has 3 aromatic carbocycles. The first kappa shape index (κ1) is 26.2. The summed E-state index contributed by atoms with van der Waals surface area (Å²) in [5, 5.41) is 16.0. The van der Waals surface area contributed by atoms with E-state index in [9.17, 15) is 31.5 Å². The molecule has 0 aliphatic heterocycles. The zero-order valence-corrected chi connectivity index (χ0v) is 19.7. The maximum Gasteiger partial charge on any atom is 0.416 e. The standard InChI is InChI=1S/C25H25F3N2O4S/c1-2-35(33,34)22-13-3-17(4-14-22)15-30-24(32)19-7-5-18(6-8-19)23(31)16-29-21-11-9-20(10-12-21)25(26,27)28/h3-14,23,29,31H,2,15-16H2,1H3,(H,30,32). The Kier molecular flexibility index (Phi) is 8.18. The second kappa shape index (κ2) is 10.9. The third-order valence-electron chi connectivity index (χ3n) is 5.38. The van der Waals surface area contributed by atoms with Crippen LogP contribution in [-0.4, -0.2) is 31.7 Å². The Morgan fingerprint density at radius 2 is 1.54 bits per heavy atom. The molecule has 0 spiro atoms. The van der Waals surface area contributed by atoms with E-state index in [0.29, 0.717) is 16.8 Å². The smallest absolute Gasteiger partial charge is 0.387 e. The average molecular weight is 507 g/mol. The predicted molar refractivity (Wildman–Crippen MR) is 127 cm³/mol. The number of rotatable bonds is 9. The average Bonchev–Trinajstić information content (AvgIpc) is 2.86. The van der Waals surface area contributed by atoms with E-state index in [1.165, 1.54) is 24.3 Å². The van der Waals surface area contributed by atoms with Crippen molar-refractivity contribution in [3.05, 3.63) is 95.1 Å². The molecule has 0 saturated carbocycles. The van der Waals surface area contributed by atoms with Gasteiger partial charge in [0.25, 0.3) is 5.91 Å². The fourth-order valence-corrected chi connectivity index (χ4v) is 4.12. The number of benzene rings is 3. The molecule has 0 aliphatic rings. The topological polar surface area (TPSA) is 95.5 Å². The normalized spacial score (nSPS) is 12.7. The lowest BCUT2D eigenvalue weighted by atomic mass is 10.1. The molecule has 3 N–H and O–H groups in total. The van der Waals surface area contributed by atoms with Crippen molar-refractivity contribution in [2.75, 3.05) is 17.6 Å². The van der Waals surface area contributed by atoms with Gasteiger partial charge in [0.1, 0.15) is 0 Å². The molecule has 0 bridgehead atoms. The summed E-state index contributed by atoms with van der Waals surface area (Å²) in [6, 6.07) is 17.1. The highest BCUT2D eigenvalue weighted by molar-refractivity contribution is 7.91. The largest absolute Gasteiger partial charge is 0.416 e. The van der Waals surface area contributed by atoms with Crippen molar-refractivity contribution in [2.45, 2.75) is 30.6 Å². The van der Waals surface area contributed by atoms with Crippen LogP contribution in [0.3, 0.4) is 0 Å². The van der Waals surface area contributed by atoms with Crippen LogP contribution in [0.4, 0.5) is 18.9 Å². The summed E-state index contributed by atoms with van der Waals surface area (Å²) in [5.74, 6) is -0.321. The fraction of sp³-hybridized carbons (Fsp3) is 0.240. The van der Waals surface area contributed by atoms with E-state index in [0.717, 1.165) is 17.7 Å². The Hall–Kier alpha value is -3.37. The van der Waals surface area contributed by atoms with Crippen molar-refractivity contribution in [3.8, 4) is 0 Å². The van der Waals surface area contributed by atoms with Crippen LogP contribution in [0.25, 0.3) is 0 Å². The van der Waals surface area contributed by atoms with Crippen LogP contribution in [0, 0.1) is 0 Å². The molecule has 0 saturated heterocycles. The van der Waals surface area contributed by atoms with E-state index < -0.39 is 27.7 Å². The van der Waals surface area contributed by atoms with Gasteiger partial charge in [0.2, 0.25) is 0 Å². The van der Waals surface area contributed by atoms with Crippen LogP contribution in [-0.2, 0) is 22.6 Å². The van der Waals surface area contributed by atoms with Gasteiger partial charge < -0.3 is 15.7 Å². The van der Waals surface area contributed by atoms with Gasteiger partial charge in [0.05, 0.1) is 22.3 Å². The molecule has 3 rings (SSSR count). The summed E-state index contributed by atoms with van der Waals surface area (Å²) in [6.07, 6.45) is -5.35. The molecule has 1 unspecified atom stereocenters. The third kappa shape index (κ3) is 7.06. The van der Waals surface area contributed by atoms with E-state index in [4.69, 9.17) is 0 Å². The maximum atomic E-state index is 12.6. The highest BCUT2D eigenvalue weighted by Gasteiger charge is 2.29. The molecule has 3 aromatic rings. The maximum absolute atomic E-state index is 12.6. The van der Waals surface area contributed by atoms with Crippen LogP contribution in [0.5, 0.6) is 0 Å². The molecule has 35 heavy (non-hydrogen) atoms. The number of alkyl halides is 3. The van der Waals surface area contributed by atoms with Gasteiger partial charge >= 0.3 is 6.18 Å². The van der Waals surface area contributed by atoms with Crippen LogP contribution in [0.1, 0.15) is 40.1 Å². The minimum Gasteiger partial charge on any atom is -0.387 e. The van der Waals surface area contributed by atoms with Crippen molar-refractivity contribution >= 4 is 21.4 Å². The minimum absolute atomic E-state index is 0.0128. The summed E-state index contributed by atoms with van der Waals surface area (Å²) >= 11 is 0. The molecule has 0 heterocycles. The van der Waals surface area contributed by atoms with E-state index >= 15 is 0 Å². The molecule has 186 valence electrons. The van der Waals surface area contributed by atoms with Crippen molar-refractivity contribution in [2.24, 2.45) is 0 Å². The summed E-state index contributed by atoms with van der Waals surface area (Å²) in [5.41, 5.74) is 1.34. The molecule has 0 aromatic heterocycles. The Morgan fingerprint density at radius 1 is 0.943 bits per heavy atom. The highest BCUT2D eigenvalue weighted by Crippen LogP contribution is 2.30. The van der Waals surface area contributed by atoms with Gasteiger partial charge in [-0.2, -0.15) is 13.2 Å². The molecule has 0 fully saturated rings. The van der Waals surface area contributed by atoms with E-state index in [2.05, 4.69) is 10.6 Å². The number of hydrogen-bond acceptors (Lipinski definition) is 5. The van der Waals surface area contributed by atoms with Crippen molar-refractivity contribution < 1.29 is 31.5 Å². The number of carbonyl (C=O) groups excluding carboxylic acids is 1. The van der Waals surface area contributed by atoms with Gasteiger partial charge in [-0.25, -0.2) is 8.42 Å². The molecular weight excluding hydrogens is 481 g/mol. The highest BCUT2D eigenvalue weighted by atomic mass is 32.2. The lowest BCUT2D eigenvalue weighted by Gasteiger charge is -2.14. The second-order valence-corrected chi connectivity index (χ2v) is 10.1. The summed E-state index contributed by atoms with van der Waals surface area (Å²) in [7, 11) is -3.28. The number of aliphatic hydroxyl groups is 1. The monoisotopic (exact) mass is 506 g/mol. The number of nitrogens with one attached hydrogen (secondary N) is 2. The van der Waals surface area contributed by atoms with Gasteiger partial charge in [-0.05, 0) is 59.7 Å². The van der Waals surface area contributed by atoms with Crippen LogP contribution < -0.4 is 10.6 Å². The Bertz CT molecular complexity index is 1240. The van der Waals surface area contributed by atoms with Crippen molar-refractivity contribution in [3.63, 3.8) is 0 Å². The van der Waals surface area contributed by atoms with Gasteiger partial charge in [-0.1, -0.05) is 31.2 Å². The molecular formula is C25H25F3N2O4S. The van der Waals surface area contributed by atoms with E-state index in [-0.39, 0.29) is 29.6 Å². The molecule has 0 aliphatic carbocycles. The van der Waals surface area contributed by atoms with Gasteiger partial charge in [-0.3, -0.25) is 4.79 Å². The number of carbonyl (C=O) groups is 1. The van der Waals surface area contributed by atoms with E-state index in [1.807, 2.05) is 0 Å². The quantitative estimate of drug-likeness (QED) is 0.395. The van der Waals surface area contributed by atoms with Gasteiger partial charge in [0.15, 0.2) is 9.84 Å². The van der Waals surface area contributed by atoms with Crippen LogP contribution in [0.2, 0.25) is 0 Å². The van der Waals surface area contributed by atoms with Gasteiger partial charge in [0, 0.05) is 24.3 Å². The number of amides is 1. The summed E-state index contributed by atoms with van der Waals surface area (Å²) < 4.78 is 61.6. The molecule has 1 atom stereocenters. The zero-order chi connectivity index (χ0) is 25.6. The first-order valence-electron chi connectivity index (χ1n) is 10.8. The zero-order valence-electron chi connectivity index (χ0n) is 18.8. The Labute approximate surface area is 201 Å². The first-order valence-corrected chi connectivity index (χ1v) is 12.4. The minimum atomic E-state index is -4.41. The SMILES string of the molecule is CCS(=O)(=O)c1ccc(CNC(=O)c2ccc(C(O)CNc3ccc(C(F)(F)F)cc3)cc2)cc1. The Morgan fingerprint density at radius 3 is 2.09 bits per heavy atom. The van der Waals surface area contributed by atoms with Crippen molar-refractivity contribution in [1.29, 1.82) is 0 Å². The summed E-state index contributed by atoms with van der Waals surface area (Å²) in [4.78, 5) is 12.7. The third-order valence-corrected chi connectivity index (χ3v) is 7.14. The Balaban J connectivity index is 1.51. The number of sulfone groups is 1. The number of aliphatic hydroxyl groups excluding tert-OH is 1. The number of halogens is 3. The molecule has 10 heteroatoms. The van der Waals surface area contributed by atoms with Crippen molar-refractivity contribution in [1.82, 2.24) is 5.32 Å². The van der Waals surface area contributed by atoms with E-state index in [1.54, 1.807) is 43.3 Å². The lowest BCUT2D eigenvalue weighted by molar-refractivity contribution is -0.137. The number of anilines is 1. The first-order chi connectivity index (χ1) is 16.5. The number of hydrogen-bond donors (Lipinski definition) is 3. The fourth-order valence-electron chi connectivity index (χ4n) is 3.23. The van der Waals surface area contributed by atoms with Gasteiger partial charge in [-0.15, -0.1) is 0 Å². The molecule has 6 nitrogen and oxygen atoms in total. The second-order valence-electron chi connectivity index (χ2n) is 7.82. The lowest BCUT2D eigenvalue weighted by Crippen LogP contribution is -2.23. The predicted octanol–water partition coefficient (Wildman–Crippen LogP) is 4.57. The van der Waals surface area contributed by atoms with Crippen LogP contribution in [0.15, 0.2) is 77.7 Å². The summed E-state index contributed by atoms with van der Waals surface area (Å²) in [6.45, 7) is 1.86. The molecule has 1 amide bonds.